The third kappa shape index (κ3) is 2.24. The molecule has 2 aromatic heterocycles. The second kappa shape index (κ2) is 4.78. The van der Waals surface area contributed by atoms with Crippen LogP contribution in [0.15, 0.2) is 18.3 Å². The Balaban J connectivity index is 1.86. The van der Waals surface area contributed by atoms with Gasteiger partial charge in [-0.05, 0) is 31.4 Å². The van der Waals surface area contributed by atoms with Crippen molar-refractivity contribution in [2.24, 2.45) is 0 Å². The molecule has 0 bridgehead atoms. The zero-order chi connectivity index (χ0) is 14.4. The first kappa shape index (κ1) is 13.2. The van der Waals surface area contributed by atoms with Crippen molar-refractivity contribution in [3.63, 3.8) is 0 Å². The van der Waals surface area contributed by atoms with Gasteiger partial charge in [0.2, 0.25) is 0 Å². The summed E-state index contributed by atoms with van der Waals surface area (Å²) in [6, 6.07) is 3.69. The molecule has 112 valence electrons. The van der Waals surface area contributed by atoms with Crippen LogP contribution in [-0.2, 0) is 14.6 Å². The number of nitrogens with zero attached hydrogens (tertiary/aromatic N) is 3. The van der Waals surface area contributed by atoms with Gasteiger partial charge in [-0.25, -0.2) is 18.4 Å². The van der Waals surface area contributed by atoms with Gasteiger partial charge in [-0.2, -0.15) is 0 Å². The van der Waals surface area contributed by atoms with Crippen molar-refractivity contribution in [3.05, 3.63) is 24.2 Å². The normalized spacial score (nSPS) is 28.4. The van der Waals surface area contributed by atoms with E-state index < -0.39 is 9.84 Å². The monoisotopic (exact) mass is 307 g/mol. The van der Waals surface area contributed by atoms with Gasteiger partial charge >= 0.3 is 0 Å². The van der Waals surface area contributed by atoms with Gasteiger partial charge in [0.05, 0.1) is 17.5 Å². The minimum Gasteiger partial charge on any atom is -0.370 e. The van der Waals surface area contributed by atoms with Crippen LogP contribution in [-0.4, -0.2) is 41.1 Å². The van der Waals surface area contributed by atoms with E-state index >= 15 is 0 Å². The molecule has 0 radical (unpaired) electrons. The van der Waals surface area contributed by atoms with E-state index in [4.69, 9.17) is 4.74 Å². The number of imidazole rings is 1. The summed E-state index contributed by atoms with van der Waals surface area (Å²) in [5.74, 6) is 1.26. The van der Waals surface area contributed by atoms with Crippen molar-refractivity contribution in [3.8, 4) is 0 Å². The summed E-state index contributed by atoms with van der Waals surface area (Å²) in [5.41, 5.74) is 1.58. The molecule has 4 heterocycles. The second-order valence-corrected chi connectivity index (χ2v) is 7.97. The molecule has 0 aromatic carbocycles. The maximum Gasteiger partial charge on any atom is 0.160 e. The van der Waals surface area contributed by atoms with Crippen molar-refractivity contribution >= 4 is 21.0 Å². The summed E-state index contributed by atoms with van der Waals surface area (Å²) < 4.78 is 31.4. The zero-order valence-corrected chi connectivity index (χ0v) is 12.4. The smallest absolute Gasteiger partial charge is 0.160 e. The predicted octanol–water partition coefficient (Wildman–Crippen LogP) is 1.64. The van der Waals surface area contributed by atoms with Gasteiger partial charge in [0.25, 0.3) is 0 Å². The molecule has 7 heteroatoms. The summed E-state index contributed by atoms with van der Waals surface area (Å²) in [4.78, 5) is 9.08. The lowest BCUT2D eigenvalue weighted by atomic mass is 10.2. The Morgan fingerprint density at radius 2 is 2.24 bits per heavy atom. The summed E-state index contributed by atoms with van der Waals surface area (Å²) in [7, 11) is -2.95. The van der Waals surface area contributed by atoms with E-state index in [9.17, 15) is 8.42 Å². The highest BCUT2D eigenvalue weighted by Gasteiger charge is 2.34. The molecule has 0 saturated carbocycles. The van der Waals surface area contributed by atoms with Crippen molar-refractivity contribution in [2.45, 2.75) is 31.4 Å². The minimum atomic E-state index is -2.95. The molecule has 2 aliphatic heterocycles. The van der Waals surface area contributed by atoms with E-state index in [1.54, 1.807) is 6.20 Å². The van der Waals surface area contributed by atoms with Gasteiger partial charge in [0.15, 0.2) is 15.5 Å². The Morgan fingerprint density at radius 1 is 1.33 bits per heavy atom. The number of ether oxygens (including phenoxy) is 1. The number of fused-ring (bicyclic) bond motifs is 1. The Labute approximate surface area is 123 Å². The van der Waals surface area contributed by atoms with Crippen LogP contribution in [0.5, 0.6) is 0 Å². The van der Waals surface area contributed by atoms with Gasteiger partial charge in [-0.3, -0.25) is 0 Å². The first-order valence-electron chi connectivity index (χ1n) is 7.29. The fourth-order valence-electron chi connectivity index (χ4n) is 3.29. The molecule has 6 nitrogen and oxygen atoms in total. The maximum absolute atomic E-state index is 11.8. The second-order valence-electron chi connectivity index (χ2n) is 5.74. The summed E-state index contributed by atoms with van der Waals surface area (Å²) in [6.45, 7) is 0.740. The first-order valence-corrected chi connectivity index (χ1v) is 9.11. The lowest BCUT2D eigenvalue weighted by molar-refractivity contribution is 0.101. The molecule has 0 aliphatic carbocycles. The number of hydrogen-bond acceptors (Lipinski definition) is 5. The number of pyridine rings is 1. The highest BCUT2D eigenvalue weighted by Crippen LogP contribution is 2.35. The van der Waals surface area contributed by atoms with Gasteiger partial charge in [-0.15, -0.1) is 0 Å². The van der Waals surface area contributed by atoms with Crippen LogP contribution in [0.3, 0.4) is 0 Å². The van der Waals surface area contributed by atoms with E-state index in [0.717, 1.165) is 36.4 Å². The molecule has 0 spiro atoms. The van der Waals surface area contributed by atoms with Crippen LogP contribution in [0.1, 0.15) is 37.2 Å². The summed E-state index contributed by atoms with van der Waals surface area (Å²) >= 11 is 0. The standard InChI is InChI=1S/C14H17N3O3S/c18-21(19)8-5-10(9-21)17-13-11(3-1-6-15-13)16-14(17)12-4-2-7-20-12/h1,3,6,10,12H,2,4-5,7-9H2. The molecule has 0 amide bonds. The van der Waals surface area contributed by atoms with Crippen LogP contribution in [0.2, 0.25) is 0 Å². The quantitative estimate of drug-likeness (QED) is 0.843. The highest BCUT2D eigenvalue weighted by molar-refractivity contribution is 7.91. The topological polar surface area (TPSA) is 74.1 Å². The van der Waals surface area contributed by atoms with E-state index in [1.807, 2.05) is 16.7 Å². The highest BCUT2D eigenvalue weighted by atomic mass is 32.2. The van der Waals surface area contributed by atoms with Gasteiger partial charge in [0, 0.05) is 12.8 Å². The van der Waals surface area contributed by atoms with Crippen molar-refractivity contribution < 1.29 is 13.2 Å². The molecule has 2 aromatic rings. The molecule has 2 aliphatic rings. The Kier molecular flexibility index (Phi) is 3.00. The molecule has 21 heavy (non-hydrogen) atoms. The summed E-state index contributed by atoms with van der Waals surface area (Å²) in [5, 5.41) is 0. The van der Waals surface area contributed by atoms with Gasteiger partial charge in [0.1, 0.15) is 17.4 Å². The van der Waals surface area contributed by atoms with E-state index in [1.165, 1.54) is 0 Å². The number of rotatable bonds is 2. The molecular formula is C14H17N3O3S. The third-order valence-electron chi connectivity index (χ3n) is 4.27. The van der Waals surface area contributed by atoms with Crippen LogP contribution in [0.4, 0.5) is 0 Å². The van der Waals surface area contributed by atoms with Crippen molar-refractivity contribution in [2.75, 3.05) is 18.1 Å². The molecular weight excluding hydrogens is 290 g/mol. The molecule has 4 rings (SSSR count). The molecule has 2 fully saturated rings. The number of sulfone groups is 1. The minimum absolute atomic E-state index is 0.0393. The molecule has 0 N–H and O–H groups in total. The predicted molar refractivity (Wildman–Crippen MR) is 77.8 cm³/mol. The number of hydrogen-bond donors (Lipinski definition) is 0. The van der Waals surface area contributed by atoms with E-state index in [0.29, 0.717) is 6.42 Å². The molecule has 2 unspecified atom stereocenters. The first-order chi connectivity index (χ1) is 10.1. The maximum atomic E-state index is 11.8. The van der Waals surface area contributed by atoms with Gasteiger partial charge < -0.3 is 9.30 Å². The fraction of sp³-hybridized carbons (Fsp3) is 0.571. The molecule has 2 saturated heterocycles. The van der Waals surface area contributed by atoms with Crippen molar-refractivity contribution in [1.82, 2.24) is 14.5 Å². The summed E-state index contributed by atoms with van der Waals surface area (Å²) in [6.07, 6.45) is 4.27. The van der Waals surface area contributed by atoms with E-state index in [2.05, 4.69) is 9.97 Å². The third-order valence-corrected chi connectivity index (χ3v) is 6.02. The lowest BCUT2D eigenvalue weighted by Crippen LogP contribution is -2.16. The van der Waals surface area contributed by atoms with Crippen LogP contribution >= 0.6 is 0 Å². The SMILES string of the molecule is O=S1(=O)CCC(n2c(C3CCCO3)nc3cccnc32)C1. The van der Waals surface area contributed by atoms with Crippen LogP contribution < -0.4 is 0 Å². The average Bonchev–Trinajstić information content (AvgIpc) is 3.15. The van der Waals surface area contributed by atoms with Crippen LogP contribution in [0.25, 0.3) is 11.2 Å². The molecule has 2 atom stereocenters. The largest absolute Gasteiger partial charge is 0.370 e. The fourth-order valence-corrected chi connectivity index (χ4v) is 4.99. The van der Waals surface area contributed by atoms with Gasteiger partial charge in [-0.1, -0.05) is 0 Å². The zero-order valence-electron chi connectivity index (χ0n) is 11.6. The lowest BCUT2D eigenvalue weighted by Gasteiger charge is -2.17. The van der Waals surface area contributed by atoms with E-state index in [-0.39, 0.29) is 23.7 Å². The average molecular weight is 307 g/mol. The van der Waals surface area contributed by atoms with Crippen molar-refractivity contribution in [1.29, 1.82) is 0 Å². The van der Waals surface area contributed by atoms with Crippen LogP contribution in [0, 0.1) is 0 Å². The Hall–Kier alpha value is -1.47. The Morgan fingerprint density at radius 3 is 2.95 bits per heavy atom. The number of aromatic nitrogens is 3. The Bertz CT molecular complexity index is 778.